The van der Waals surface area contributed by atoms with Crippen LogP contribution in [-0.4, -0.2) is 49.9 Å². The predicted octanol–water partition coefficient (Wildman–Crippen LogP) is 4.45. The van der Waals surface area contributed by atoms with E-state index in [1.807, 2.05) is 75.1 Å². The Bertz CT molecular complexity index is 1620. The molecule has 3 aromatic heterocycles. The molecule has 0 amide bonds. The van der Waals surface area contributed by atoms with Crippen molar-refractivity contribution in [1.29, 1.82) is 0 Å². The Labute approximate surface area is 244 Å². The highest BCUT2D eigenvalue weighted by molar-refractivity contribution is 5.47. The summed E-state index contributed by atoms with van der Waals surface area (Å²) in [6.45, 7) is 7.54. The van der Waals surface area contributed by atoms with Gasteiger partial charge in [-0.25, -0.2) is 14.0 Å². The Morgan fingerprint density at radius 1 is 0.524 bits per heavy atom. The minimum atomic E-state index is 0.576. The summed E-state index contributed by atoms with van der Waals surface area (Å²) in [5.74, 6) is 0. The van der Waals surface area contributed by atoms with E-state index in [4.69, 9.17) is 0 Å². The van der Waals surface area contributed by atoms with Crippen LogP contribution in [0.3, 0.4) is 0 Å². The van der Waals surface area contributed by atoms with Crippen LogP contribution in [0, 0.1) is 0 Å². The van der Waals surface area contributed by atoms with Gasteiger partial charge in [0.1, 0.15) is 0 Å². The molecule has 10 nitrogen and oxygen atoms in total. The summed E-state index contributed by atoms with van der Waals surface area (Å²) in [4.78, 5) is 2.24. The van der Waals surface area contributed by atoms with E-state index in [-0.39, 0.29) is 0 Å². The number of nitrogens with zero attached hydrogens (tertiary/aromatic N) is 10. The fourth-order valence-corrected chi connectivity index (χ4v) is 4.81. The Morgan fingerprint density at radius 3 is 1.29 bits per heavy atom. The molecule has 0 spiro atoms. The highest BCUT2D eigenvalue weighted by atomic mass is 15.4. The minimum absolute atomic E-state index is 0.576. The molecule has 0 N–H and O–H groups in total. The molecular formula is C32H32N10. The van der Waals surface area contributed by atoms with E-state index in [0.717, 1.165) is 28.2 Å². The van der Waals surface area contributed by atoms with Crippen molar-refractivity contribution in [3.8, 4) is 0 Å². The van der Waals surface area contributed by atoms with E-state index in [2.05, 4.69) is 90.9 Å². The van der Waals surface area contributed by atoms with Gasteiger partial charge in [0, 0.05) is 19.6 Å². The van der Waals surface area contributed by atoms with Crippen molar-refractivity contribution in [2.45, 2.75) is 39.3 Å². The maximum absolute atomic E-state index is 4.46. The molecule has 10 heteroatoms. The number of rotatable bonds is 13. The van der Waals surface area contributed by atoms with Crippen LogP contribution in [-0.2, 0) is 39.3 Å². The Balaban J connectivity index is 1.16. The molecule has 3 aromatic carbocycles. The average molecular weight is 557 g/mol. The molecule has 6 aromatic rings. The van der Waals surface area contributed by atoms with Gasteiger partial charge >= 0.3 is 0 Å². The maximum atomic E-state index is 4.46. The first-order chi connectivity index (χ1) is 20.7. The molecule has 0 atom stereocenters. The lowest BCUT2D eigenvalue weighted by Gasteiger charge is -2.18. The second kappa shape index (κ2) is 13.0. The van der Waals surface area contributed by atoms with Gasteiger partial charge in [0.25, 0.3) is 0 Å². The monoisotopic (exact) mass is 556 g/mol. The van der Waals surface area contributed by atoms with Crippen molar-refractivity contribution in [3.05, 3.63) is 149 Å². The first-order valence-corrected chi connectivity index (χ1v) is 13.9. The van der Waals surface area contributed by atoms with Gasteiger partial charge in [0.05, 0.1) is 55.3 Å². The van der Waals surface area contributed by atoms with Crippen LogP contribution in [0.2, 0.25) is 0 Å². The summed E-state index contributed by atoms with van der Waals surface area (Å²) in [6, 6.07) is 28.8. The van der Waals surface area contributed by atoms with Gasteiger partial charge in [0.15, 0.2) is 0 Å². The Kier molecular flexibility index (Phi) is 8.33. The quantitative estimate of drug-likeness (QED) is 0.207. The van der Waals surface area contributed by atoms with E-state index in [1.54, 1.807) is 0 Å². The Morgan fingerprint density at radius 2 is 0.905 bits per heavy atom. The largest absolute Gasteiger partial charge is 0.285 e. The van der Waals surface area contributed by atoms with Gasteiger partial charge < -0.3 is 0 Å². The first kappa shape index (κ1) is 27.0. The van der Waals surface area contributed by atoms with Crippen LogP contribution in [0.5, 0.6) is 0 Å². The SMILES string of the molecule is C=Cc1ccc(Cn2cc(CN(Cc3cn(Cc4ccccc4)nn3)Cc3cn(Cc4ccccc4)nn3)nn2)cc1. The van der Waals surface area contributed by atoms with Crippen LogP contribution in [0.4, 0.5) is 0 Å². The van der Waals surface area contributed by atoms with Crippen molar-refractivity contribution >= 4 is 6.08 Å². The average Bonchev–Trinajstić information content (AvgIpc) is 3.77. The van der Waals surface area contributed by atoms with Crippen molar-refractivity contribution in [1.82, 2.24) is 49.9 Å². The normalized spacial score (nSPS) is 11.3. The van der Waals surface area contributed by atoms with Gasteiger partial charge in [-0.1, -0.05) is 113 Å². The molecule has 210 valence electrons. The standard InChI is InChI=1S/C32H32N10/c1-2-26-13-15-29(16-14-26)19-42-25-32(35-38-42)22-39(20-30-23-40(36-33-30)17-27-9-5-3-6-10-27)21-31-24-41(37-34-31)18-28-11-7-4-8-12-28/h2-16,23-25H,1,17-22H2. The van der Waals surface area contributed by atoms with E-state index in [9.17, 15) is 0 Å². The third kappa shape index (κ3) is 7.29. The molecule has 0 aliphatic rings. The summed E-state index contributed by atoms with van der Waals surface area (Å²) in [7, 11) is 0. The zero-order chi connectivity index (χ0) is 28.6. The summed E-state index contributed by atoms with van der Waals surface area (Å²) >= 11 is 0. The molecule has 0 aliphatic carbocycles. The van der Waals surface area contributed by atoms with Crippen molar-refractivity contribution in [2.75, 3.05) is 0 Å². The summed E-state index contributed by atoms with van der Waals surface area (Å²) in [6.07, 6.45) is 7.82. The van der Waals surface area contributed by atoms with Crippen molar-refractivity contribution in [3.63, 3.8) is 0 Å². The van der Waals surface area contributed by atoms with E-state index >= 15 is 0 Å². The third-order valence-corrected chi connectivity index (χ3v) is 6.85. The highest BCUT2D eigenvalue weighted by Crippen LogP contribution is 2.13. The second-order valence-corrected chi connectivity index (χ2v) is 10.3. The predicted molar refractivity (Wildman–Crippen MR) is 160 cm³/mol. The molecule has 42 heavy (non-hydrogen) atoms. The lowest BCUT2D eigenvalue weighted by molar-refractivity contribution is 0.238. The summed E-state index contributed by atoms with van der Waals surface area (Å²) < 4.78 is 5.60. The lowest BCUT2D eigenvalue weighted by atomic mass is 10.1. The molecule has 0 saturated heterocycles. The number of benzene rings is 3. The van der Waals surface area contributed by atoms with E-state index < -0.39 is 0 Å². The minimum Gasteiger partial charge on any atom is -0.285 e. The van der Waals surface area contributed by atoms with Crippen LogP contribution in [0.1, 0.15) is 39.3 Å². The number of hydrogen-bond acceptors (Lipinski definition) is 7. The number of aromatic nitrogens is 9. The zero-order valence-electron chi connectivity index (χ0n) is 23.3. The zero-order valence-corrected chi connectivity index (χ0v) is 23.3. The first-order valence-electron chi connectivity index (χ1n) is 13.9. The third-order valence-electron chi connectivity index (χ3n) is 6.85. The highest BCUT2D eigenvalue weighted by Gasteiger charge is 2.15. The molecule has 0 radical (unpaired) electrons. The lowest BCUT2D eigenvalue weighted by Crippen LogP contribution is -2.23. The molecule has 6 rings (SSSR count). The van der Waals surface area contributed by atoms with Crippen LogP contribution in [0.25, 0.3) is 6.08 Å². The van der Waals surface area contributed by atoms with Gasteiger partial charge in [-0.05, 0) is 22.3 Å². The van der Waals surface area contributed by atoms with E-state index in [1.165, 1.54) is 11.1 Å². The maximum Gasteiger partial charge on any atom is 0.0967 e. The fourth-order valence-electron chi connectivity index (χ4n) is 4.81. The Hall–Kier alpha value is -5.22. The van der Waals surface area contributed by atoms with Gasteiger partial charge in [-0.2, -0.15) is 0 Å². The van der Waals surface area contributed by atoms with Crippen LogP contribution in [0.15, 0.2) is 110 Å². The van der Waals surface area contributed by atoms with Crippen molar-refractivity contribution in [2.24, 2.45) is 0 Å². The molecule has 0 unspecified atom stereocenters. The number of hydrogen-bond donors (Lipinski definition) is 0. The fraction of sp³-hybridized carbons (Fsp3) is 0.188. The van der Waals surface area contributed by atoms with Gasteiger partial charge in [-0.15, -0.1) is 15.3 Å². The second-order valence-electron chi connectivity index (χ2n) is 10.3. The topological polar surface area (TPSA) is 95.4 Å². The summed E-state index contributed by atoms with van der Waals surface area (Å²) in [5, 5.41) is 26.5. The van der Waals surface area contributed by atoms with Crippen molar-refractivity contribution < 1.29 is 0 Å². The van der Waals surface area contributed by atoms with Gasteiger partial charge in [-0.3, -0.25) is 4.90 Å². The van der Waals surface area contributed by atoms with Gasteiger partial charge in [0.2, 0.25) is 0 Å². The molecule has 0 fully saturated rings. The molecule has 3 heterocycles. The molecule has 0 saturated carbocycles. The smallest absolute Gasteiger partial charge is 0.0967 e. The van der Waals surface area contributed by atoms with E-state index in [0.29, 0.717) is 39.3 Å². The van der Waals surface area contributed by atoms with Crippen LogP contribution < -0.4 is 0 Å². The summed E-state index contributed by atoms with van der Waals surface area (Å²) in [5.41, 5.74) is 7.21. The van der Waals surface area contributed by atoms with Crippen LogP contribution >= 0.6 is 0 Å². The molecule has 0 bridgehead atoms. The molecule has 0 aliphatic heterocycles. The molecular weight excluding hydrogens is 524 g/mol.